The van der Waals surface area contributed by atoms with Crippen LogP contribution in [0, 0.1) is 5.92 Å². The average Bonchev–Trinajstić information content (AvgIpc) is 2.64. The molecule has 0 radical (unpaired) electrons. The van der Waals surface area contributed by atoms with E-state index >= 15 is 0 Å². The van der Waals surface area contributed by atoms with E-state index < -0.39 is 6.09 Å². The Bertz CT molecular complexity index is 631. The molecule has 0 saturated heterocycles. The van der Waals surface area contributed by atoms with Crippen molar-refractivity contribution in [2.75, 3.05) is 26.3 Å². The van der Waals surface area contributed by atoms with Crippen molar-refractivity contribution in [3.05, 3.63) is 29.8 Å². The van der Waals surface area contributed by atoms with Gasteiger partial charge in [0.15, 0.2) is 0 Å². The number of rotatable bonds is 11. The van der Waals surface area contributed by atoms with Crippen LogP contribution in [-0.2, 0) is 9.53 Å². The molecule has 0 fully saturated rings. The summed E-state index contributed by atoms with van der Waals surface area (Å²) < 4.78 is 10.2. The Morgan fingerprint density at radius 3 is 2.25 bits per heavy atom. The zero-order valence-electron chi connectivity index (χ0n) is 17.0. The molecule has 0 aromatic heterocycles. The van der Waals surface area contributed by atoms with E-state index in [9.17, 15) is 14.4 Å². The molecule has 0 spiro atoms. The van der Waals surface area contributed by atoms with Crippen LogP contribution in [0.4, 0.5) is 4.79 Å². The fourth-order valence-electron chi connectivity index (χ4n) is 2.53. The molecule has 0 heterocycles. The highest BCUT2D eigenvalue weighted by atomic mass is 16.5. The Kier molecular flexibility index (Phi) is 10.5. The van der Waals surface area contributed by atoms with Crippen LogP contribution in [0.15, 0.2) is 24.3 Å². The number of hydrogen-bond donors (Lipinski definition) is 3. The highest BCUT2D eigenvalue weighted by Crippen LogP contribution is 2.11. The number of amides is 3. The first-order valence-corrected chi connectivity index (χ1v) is 9.56. The number of ether oxygens (including phenoxy) is 2. The van der Waals surface area contributed by atoms with Crippen molar-refractivity contribution in [3.8, 4) is 5.75 Å². The number of carbonyl (C=O) groups excluding carboxylic acids is 3. The molecule has 3 N–H and O–H groups in total. The van der Waals surface area contributed by atoms with Gasteiger partial charge >= 0.3 is 6.09 Å². The molecule has 0 bridgehead atoms. The SMILES string of the molecule is CCOC(=O)NC(CNC(=O)CNC(=O)c1ccc(OCC)cc1)CC(C)C. The van der Waals surface area contributed by atoms with Gasteiger partial charge in [0.2, 0.25) is 5.91 Å². The third kappa shape index (κ3) is 9.25. The number of hydrogen-bond acceptors (Lipinski definition) is 5. The Morgan fingerprint density at radius 1 is 1.00 bits per heavy atom. The maximum absolute atomic E-state index is 12.1. The smallest absolute Gasteiger partial charge is 0.407 e. The van der Waals surface area contributed by atoms with Crippen LogP contribution in [0.3, 0.4) is 0 Å². The van der Waals surface area contributed by atoms with Gasteiger partial charge in [0, 0.05) is 18.2 Å². The molecule has 3 amide bonds. The molecule has 28 heavy (non-hydrogen) atoms. The van der Waals surface area contributed by atoms with Crippen LogP contribution in [0.25, 0.3) is 0 Å². The van der Waals surface area contributed by atoms with Gasteiger partial charge < -0.3 is 25.4 Å². The van der Waals surface area contributed by atoms with E-state index in [2.05, 4.69) is 16.0 Å². The van der Waals surface area contributed by atoms with E-state index in [1.54, 1.807) is 31.2 Å². The second-order valence-electron chi connectivity index (χ2n) is 6.64. The van der Waals surface area contributed by atoms with Crippen molar-refractivity contribution in [1.82, 2.24) is 16.0 Å². The monoisotopic (exact) mass is 393 g/mol. The summed E-state index contributed by atoms with van der Waals surface area (Å²) in [5.41, 5.74) is 0.443. The zero-order valence-corrected chi connectivity index (χ0v) is 17.0. The minimum atomic E-state index is -0.508. The molecule has 8 nitrogen and oxygen atoms in total. The van der Waals surface area contributed by atoms with Gasteiger partial charge in [0.05, 0.1) is 19.8 Å². The van der Waals surface area contributed by atoms with Gasteiger partial charge in [-0.05, 0) is 50.5 Å². The van der Waals surface area contributed by atoms with Gasteiger partial charge in [-0.1, -0.05) is 13.8 Å². The molecule has 0 aliphatic carbocycles. The first-order valence-electron chi connectivity index (χ1n) is 9.56. The molecular formula is C20H31N3O5. The summed E-state index contributed by atoms with van der Waals surface area (Å²) in [6.45, 7) is 8.60. The summed E-state index contributed by atoms with van der Waals surface area (Å²) in [6, 6.07) is 6.44. The summed E-state index contributed by atoms with van der Waals surface area (Å²) >= 11 is 0. The Morgan fingerprint density at radius 2 is 1.68 bits per heavy atom. The standard InChI is InChI=1S/C20H31N3O5/c1-5-27-17-9-7-15(8-10-17)19(25)22-13-18(24)21-12-16(11-14(3)4)23-20(26)28-6-2/h7-10,14,16H,5-6,11-13H2,1-4H3,(H,21,24)(H,22,25)(H,23,26). The second-order valence-corrected chi connectivity index (χ2v) is 6.64. The van der Waals surface area contributed by atoms with Gasteiger partial charge in [-0.25, -0.2) is 4.79 Å². The summed E-state index contributed by atoms with van der Waals surface area (Å²) in [6.07, 6.45) is 0.184. The molecule has 0 saturated carbocycles. The van der Waals surface area contributed by atoms with Crippen molar-refractivity contribution < 1.29 is 23.9 Å². The molecule has 0 aliphatic rings. The minimum Gasteiger partial charge on any atom is -0.494 e. The fraction of sp³-hybridized carbons (Fsp3) is 0.550. The van der Waals surface area contributed by atoms with Crippen LogP contribution < -0.4 is 20.7 Å². The molecule has 1 aromatic carbocycles. The summed E-state index contributed by atoms with van der Waals surface area (Å²) in [7, 11) is 0. The Hall–Kier alpha value is -2.77. The van der Waals surface area contributed by atoms with Gasteiger partial charge in [0.1, 0.15) is 5.75 Å². The lowest BCUT2D eigenvalue weighted by atomic mass is 10.0. The molecule has 1 rings (SSSR count). The van der Waals surface area contributed by atoms with Crippen molar-refractivity contribution in [2.45, 2.75) is 40.2 Å². The highest BCUT2D eigenvalue weighted by Gasteiger charge is 2.16. The predicted molar refractivity (Wildman–Crippen MR) is 106 cm³/mol. The van der Waals surface area contributed by atoms with Gasteiger partial charge in [-0.2, -0.15) is 0 Å². The molecule has 0 aliphatic heterocycles. The fourth-order valence-corrected chi connectivity index (χ4v) is 2.53. The minimum absolute atomic E-state index is 0.153. The van der Waals surface area contributed by atoms with E-state index in [1.807, 2.05) is 20.8 Å². The number of carbonyl (C=O) groups is 3. The molecule has 1 aromatic rings. The summed E-state index contributed by atoms with van der Waals surface area (Å²) in [5, 5.41) is 8.03. The Labute approximate surface area is 166 Å². The van der Waals surface area contributed by atoms with Crippen molar-refractivity contribution in [3.63, 3.8) is 0 Å². The van der Waals surface area contributed by atoms with Crippen LogP contribution in [0.1, 0.15) is 44.5 Å². The summed E-state index contributed by atoms with van der Waals surface area (Å²) in [4.78, 5) is 35.7. The Balaban J connectivity index is 2.44. The first kappa shape index (κ1) is 23.3. The van der Waals surface area contributed by atoms with Crippen molar-refractivity contribution >= 4 is 17.9 Å². The highest BCUT2D eigenvalue weighted by molar-refractivity contribution is 5.96. The lowest BCUT2D eigenvalue weighted by molar-refractivity contribution is -0.120. The first-order chi connectivity index (χ1) is 13.3. The van der Waals surface area contributed by atoms with E-state index in [-0.39, 0.29) is 37.6 Å². The maximum atomic E-state index is 12.1. The van der Waals surface area contributed by atoms with E-state index in [0.717, 1.165) is 0 Å². The van der Waals surface area contributed by atoms with Crippen LogP contribution in [0.2, 0.25) is 0 Å². The molecule has 8 heteroatoms. The maximum Gasteiger partial charge on any atom is 0.407 e. The van der Waals surface area contributed by atoms with E-state index in [1.165, 1.54) is 0 Å². The van der Waals surface area contributed by atoms with Crippen LogP contribution in [-0.4, -0.2) is 50.3 Å². The molecule has 1 unspecified atom stereocenters. The van der Waals surface area contributed by atoms with Gasteiger partial charge in [-0.3, -0.25) is 9.59 Å². The number of benzene rings is 1. The zero-order chi connectivity index (χ0) is 20.9. The van der Waals surface area contributed by atoms with Gasteiger partial charge in [-0.15, -0.1) is 0 Å². The normalized spacial score (nSPS) is 11.5. The quantitative estimate of drug-likeness (QED) is 0.534. The number of nitrogens with one attached hydrogen (secondary N) is 3. The second kappa shape index (κ2) is 12.6. The summed E-state index contributed by atoms with van der Waals surface area (Å²) in [5.74, 6) is 0.338. The van der Waals surface area contributed by atoms with Gasteiger partial charge in [0.25, 0.3) is 5.91 Å². The topological polar surface area (TPSA) is 106 Å². The van der Waals surface area contributed by atoms with E-state index in [4.69, 9.17) is 9.47 Å². The number of alkyl carbamates (subject to hydrolysis) is 1. The molecular weight excluding hydrogens is 362 g/mol. The molecule has 156 valence electrons. The predicted octanol–water partition coefficient (Wildman–Crippen LogP) is 2.09. The van der Waals surface area contributed by atoms with Crippen LogP contribution in [0.5, 0.6) is 5.75 Å². The van der Waals surface area contributed by atoms with Crippen LogP contribution >= 0.6 is 0 Å². The van der Waals surface area contributed by atoms with E-state index in [0.29, 0.717) is 30.3 Å². The molecule has 1 atom stereocenters. The lowest BCUT2D eigenvalue weighted by Crippen LogP contribution is -2.46. The van der Waals surface area contributed by atoms with Crippen molar-refractivity contribution in [1.29, 1.82) is 0 Å². The third-order valence-corrected chi connectivity index (χ3v) is 3.74. The van der Waals surface area contributed by atoms with Crippen molar-refractivity contribution in [2.24, 2.45) is 5.92 Å². The third-order valence-electron chi connectivity index (χ3n) is 3.74. The largest absolute Gasteiger partial charge is 0.494 e. The lowest BCUT2D eigenvalue weighted by Gasteiger charge is -2.20. The average molecular weight is 393 g/mol.